The minimum Gasteiger partial charge on any atom is -0.476 e. The Kier molecular flexibility index (Phi) is 26.8. The van der Waals surface area contributed by atoms with E-state index in [1.165, 1.54) is 91.5 Å². The van der Waals surface area contributed by atoms with E-state index in [9.17, 15) is 77.0 Å². The Hall–Kier alpha value is -12.6. The second-order valence-corrected chi connectivity index (χ2v) is 24.8. The number of carbonyl (C=O) groups excluding carboxylic acids is 4. The molecule has 9 aromatic heterocycles. The summed E-state index contributed by atoms with van der Waals surface area (Å²) in [5.74, 6) is -4.44. The Morgan fingerprint density at radius 2 is 0.892 bits per heavy atom. The number of hydrogen-bond acceptors (Lipinski definition) is 22. The summed E-state index contributed by atoms with van der Waals surface area (Å²) < 4.78 is 166. The van der Waals surface area contributed by atoms with Crippen LogP contribution in [0.15, 0.2) is 189 Å². The molecule has 35 heteroatoms. The maximum atomic E-state index is 13.4. The van der Waals surface area contributed by atoms with E-state index in [0.717, 1.165) is 67.3 Å². The van der Waals surface area contributed by atoms with Gasteiger partial charge in [-0.25, -0.2) is 39.9 Å². The monoisotopic (exact) mass is 1540 g/mol. The van der Waals surface area contributed by atoms with Gasteiger partial charge in [0.2, 0.25) is 29.0 Å². The first-order valence-electron chi connectivity index (χ1n) is 33.6. The highest BCUT2D eigenvalue weighted by atomic mass is 19.4. The molecule has 1 saturated carbocycles. The number of alkyl halides is 12. The molecule has 0 bridgehead atoms. The summed E-state index contributed by atoms with van der Waals surface area (Å²) in [7, 11) is 0. The zero-order valence-corrected chi connectivity index (χ0v) is 58.4. The second-order valence-electron chi connectivity index (χ2n) is 24.8. The largest absolute Gasteiger partial charge is 0.476 e. The third-order valence-corrected chi connectivity index (χ3v) is 16.9. The molecule has 3 unspecified atom stereocenters. The number of rotatable bonds is 20. The molecule has 1 aliphatic rings. The lowest BCUT2D eigenvalue weighted by molar-refractivity contribution is -0.139. The Morgan fingerprint density at radius 3 is 1.32 bits per heavy atom. The van der Waals surface area contributed by atoms with Crippen molar-refractivity contribution < 1.29 is 81.7 Å². The fourth-order valence-electron chi connectivity index (χ4n) is 11.2. The van der Waals surface area contributed by atoms with Crippen molar-refractivity contribution in [2.75, 3.05) is 34.9 Å². The average Bonchev–Trinajstić information content (AvgIpc) is 1.27. The van der Waals surface area contributed by atoms with Crippen LogP contribution in [0.3, 0.4) is 0 Å². The summed E-state index contributed by atoms with van der Waals surface area (Å²) in [6.45, 7) is 1.77. The van der Waals surface area contributed by atoms with Crippen LogP contribution < -0.4 is 44.5 Å². The fraction of sp³-hybridized carbons (Fsp3) is 0.224. The number of aliphatic hydroxyl groups is 1. The molecular formula is C76H69F12N17O6. The quantitative estimate of drug-likeness (QED) is 0.0253. The molecule has 111 heavy (non-hydrogen) atoms. The van der Waals surface area contributed by atoms with Crippen LogP contribution in [0.2, 0.25) is 0 Å². The predicted octanol–water partition coefficient (Wildman–Crippen LogP) is 13.3. The number of ketones is 4. The van der Waals surface area contributed by atoms with E-state index >= 15 is 0 Å². The van der Waals surface area contributed by atoms with Crippen LogP contribution in [-0.4, -0.2) is 97.0 Å². The molecule has 1 fully saturated rings. The van der Waals surface area contributed by atoms with Crippen LogP contribution in [0.5, 0.6) is 5.88 Å². The number of halogens is 12. The van der Waals surface area contributed by atoms with Crippen molar-refractivity contribution in [1.29, 1.82) is 0 Å². The first-order chi connectivity index (χ1) is 52.6. The van der Waals surface area contributed by atoms with Crippen molar-refractivity contribution in [2.45, 2.75) is 101 Å². The number of H-pyrrole nitrogens is 1. The van der Waals surface area contributed by atoms with Crippen LogP contribution in [0.4, 0.5) is 81.8 Å². The number of nitrogens with zero attached hydrogens (tertiary/aromatic N) is 9. The van der Waals surface area contributed by atoms with Gasteiger partial charge in [-0.3, -0.25) is 24.3 Å². The Bertz CT molecular complexity index is 4910. The van der Waals surface area contributed by atoms with Gasteiger partial charge in [-0.2, -0.15) is 57.8 Å². The van der Waals surface area contributed by atoms with Crippen LogP contribution in [-0.2, 0) is 37.5 Å². The molecule has 578 valence electrons. The number of aliphatic hydroxyl groups excluding tert-OH is 1. The third-order valence-electron chi connectivity index (χ3n) is 16.9. The van der Waals surface area contributed by atoms with Gasteiger partial charge in [0, 0.05) is 66.4 Å². The summed E-state index contributed by atoms with van der Waals surface area (Å²) in [6, 6.07) is 37.8. The van der Waals surface area contributed by atoms with Crippen LogP contribution in [0, 0.1) is 6.92 Å². The second kappa shape index (κ2) is 36.1. The molecule has 12 rings (SSSR count). The lowest BCUT2D eigenvalue weighted by Gasteiger charge is -2.30. The highest BCUT2D eigenvalue weighted by molar-refractivity contribution is 6.13. The maximum absolute atomic E-state index is 13.4. The summed E-state index contributed by atoms with van der Waals surface area (Å²) in [5.41, 5.74) is 30.0. The van der Waals surface area contributed by atoms with Gasteiger partial charge in [0.15, 0.2) is 0 Å². The van der Waals surface area contributed by atoms with Crippen LogP contribution in [0.1, 0.15) is 165 Å². The van der Waals surface area contributed by atoms with Gasteiger partial charge in [0.25, 0.3) is 0 Å². The number of benzene rings is 2. The Morgan fingerprint density at radius 1 is 0.495 bits per heavy atom. The minimum absolute atomic E-state index is 0.0367. The molecule has 0 radical (unpaired) electrons. The van der Waals surface area contributed by atoms with Crippen molar-refractivity contribution in [3.63, 3.8) is 0 Å². The number of pyridine rings is 8. The number of aryl methyl sites for hydroxylation is 2. The summed E-state index contributed by atoms with van der Waals surface area (Å²) in [5, 5.41) is 20.1. The summed E-state index contributed by atoms with van der Waals surface area (Å²) in [4.78, 5) is 81.4. The number of nitrogen functional groups attached to an aromatic ring is 4. The normalized spacial score (nSPS) is 14.2. The summed E-state index contributed by atoms with van der Waals surface area (Å²) in [6.07, 6.45) is -10.2. The molecule has 0 spiro atoms. The third kappa shape index (κ3) is 21.8. The van der Waals surface area contributed by atoms with E-state index in [1.807, 2.05) is 12.1 Å². The molecule has 4 atom stereocenters. The van der Waals surface area contributed by atoms with Crippen LogP contribution in [0.25, 0.3) is 0 Å². The Balaban J connectivity index is 0.000000170. The first kappa shape index (κ1) is 82.4. The molecule has 0 saturated heterocycles. The van der Waals surface area contributed by atoms with E-state index in [2.05, 4.69) is 55.4 Å². The van der Waals surface area contributed by atoms with Gasteiger partial charge in [0.1, 0.15) is 58.5 Å². The van der Waals surface area contributed by atoms with Crippen molar-refractivity contribution in [3.8, 4) is 5.88 Å². The smallest absolute Gasteiger partial charge is 0.418 e. The topological polar surface area (TPSA) is 398 Å². The zero-order valence-electron chi connectivity index (χ0n) is 58.4. The SMILES string of the molecule is Cc1cc(Cc2ccc(C(F)(F)F)c(C(=O)c3cccnc3N)n2)n[nH]1.Nc1ncccc1C(=O)c1nc(CC[C@@H](O)c2ccccc2)ccc1C(F)(F)F.Nc1ncccc1C(=O)c1nc(NC2CCCCC2N)ccc1C(F)(F)F.Nc1ncccc1C(=O)c1nc(OCC(N)c2ccccc2)ccc1C(F)(F)F. The van der Waals surface area contributed by atoms with Gasteiger partial charge in [-0.05, 0) is 141 Å². The van der Waals surface area contributed by atoms with Crippen molar-refractivity contribution >= 4 is 52.2 Å². The van der Waals surface area contributed by atoms with E-state index in [1.54, 1.807) is 61.5 Å². The lowest BCUT2D eigenvalue weighted by Crippen LogP contribution is -2.42. The van der Waals surface area contributed by atoms with Crippen molar-refractivity contribution in [1.82, 2.24) is 50.1 Å². The van der Waals surface area contributed by atoms with Crippen LogP contribution >= 0.6 is 0 Å². The van der Waals surface area contributed by atoms with Gasteiger partial charge in [0.05, 0.1) is 62.3 Å². The highest BCUT2D eigenvalue weighted by Crippen LogP contribution is 2.38. The maximum Gasteiger partial charge on any atom is 0.418 e. The number of hydrogen-bond donors (Lipinski definition) is 9. The number of anilines is 5. The van der Waals surface area contributed by atoms with E-state index in [-0.39, 0.29) is 107 Å². The molecule has 1 aliphatic carbocycles. The van der Waals surface area contributed by atoms with Gasteiger partial charge in [-0.1, -0.05) is 73.5 Å². The van der Waals surface area contributed by atoms with Gasteiger partial charge in [-0.15, -0.1) is 0 Å². The average molecular weight is 1540 g/mol. The van der Waals surface area contributed by atoms with E-state index in [0.29, 0.717) is 11.3 Å². The molecular weight excluding hydrogens is 1470 g/mol. The Labute approximate surface area is 624 Å². The molecule has 9 heterocycles. The molecule has 11 aromatic rings. The number of aromatic nitrogens is 10. The van der Waals surface area contributed by atoms with Crippen molar-refractivity contribution in [3.05, 3.63) is 290 Å². The first-order valence-corrected chi connectivity index (χ1v) is 33.6. The lowest BCUT2D eigenvalue weighted by atomic mass is 9.91. The molecule has 23 nitrogen and oxygen atoms in total. The predicted molar refractivity (Wildman–Crippen MR) is 384 cm³/mol. The number of carbonyl (C=O) groups is 4. The van der Waals surface area contributed by atoms with E-state index < -0.39 is 105 Å². The van der Waals surface area contributed by atoms with E-state index in [4.69, 9.17) is 39.1 Å². The molecule has 2 aromatic carbocycles. The van der Waals surface area contributed by atoms with Gasteiger partial charge < -0.3 is 49.6 Å². The number of aromatic amines is 1. The summed E-state index contributed by atoms with van der Waals surface area (Å²) >= 11 is 0. The number of nitrogens with two attached hydrogens (primary N) is 6. The molecule has 0 amide bonds. The number of nitrogens with one attached hydrogen (secondary N) is 2. The fourth-order valence-corrected chi connectivity index (χ4v) is 11.2. The minimum atomic E-state index is -4.78. The highest BCUT2D eigenvalue weighted by Gasteiger charge is 2.41. The standard InChI is InChI=1S/C21H18F3N3O2.C20H17F3N4O2.C18H20F3N5O.C17H14F3N5O/c22-21(23,24)16-10-8-14(9-11-17(28)13-5-2-1-3-6-13)27-18(16)19(29)15-7-4-12-26-20(15)25;21-20(22,23)14-8-9-16(29-11-15(24)12-5-2-1-3-6-12)27-17(14)18(28)13-7-4-10-26-19(13)25;19-18(20,21)11-7-8-14(25-13-6-2-1-5-12(13)22)26-15(11)16(27)10-4-3-9-24-17(10)23;1-9-7-11(25-24-9)8-10-4-5-13(17(18,19)20)14(23-10)15(26)12-3-2-6-22-16(12)21/h1-8,10,12,17,28H,9,11H2,(H2,25,26);1-10,15H,11,24H2,(H2,25,26);3-4,7-9,12-13H,1-2,5-6,22H2,(H2,23,24)(H,25,26);2-7H,8H2,1H3,(H2,21,22)(H,24,25)/t17-;;;/m1.../s1. The molecule has 15 N–H and O–H groups in total. The van der Waals surface area contributed by atoms with Gasteiger partial charge >= 0.3 is 24.7 Å². The zero-order chi connectivity index (χ0) is 80.5. The molecule has 0 aliphatic heterocycles. The number of ether oxygens (including phenoxy) is 1. The van der Waals surface area contributed by atoms with Crippen molar-refractivity contribution in [2.24, 2.45) is 11.5 Å².